The minimum atomic E-state index is -0.310. The van der Waals surface area contributed by atoms with Crippen LogP contribution in [0.5, 0.6) is 0 Å². The van der Waals surface area contributed by atoms with E-state index in [1.807, 2.05) is 0 Å². The molecule has 0 bridgehead atoms. The molecule has 0 radical (unpaired) electrons. The Labute approximate surface area is 94.2 Å². The number of carbonyl (C=O) groups excluding carboxylic acids is 1. The molecule has 16 heavy (non-hydrogen) atoms. The van der Waals surface area contributed by atoms with E-state index in [0.29, 0.717) is 19.0 Å². The van der Waals surface area contributed by atoms with Gasteiger partial charge >= 0.3 is 0 Å². The summed E-state index contributed by atoms with van der Waals surface area (Å²) in [5.41, 5.74) is 5.82. The Kier molecular flexibility index (Phi) is 4.94. The van der Waals surface area contributed by atoms with Crippen LogP contribution in [0, 0.1) is 0 Å². The summed E-state index contributed by atoms with van der Waals surface area (Å²) in [6.45, 7) is 2.91. The van der Waals surface area contributed by atoms with Crippen LogP contribution in [0.25, 0.3) is 0 Å². The second-order valence-corrected chi connectivity index (χ2v) is 3.46. The van der Waals surface area contributed by atoms with Gasteiger partial charge in [0, 0.05) is 20.3 Å². The van der Waals surface area contributed by atoms with Gasteiger partial charge in [0.15, 0.2) is 5.69 Å². The maximum atomic E-state index is 11.5. The molecule has 0 fully saturated rings. The summed E-state index contributed by atoms with van der Waals surface area (Å²) in [7, 11) is 1.62. The third-order valence-electron chi connectivity index (χ3n) is 1.95. The average Bonchev–Trinajstić information content (AvgIpc) is 2.73. The smallest absolute Gasteiger partial charge is 0.273 e. The Morgan fingerprint density at radius 1 is 1.75 bits per heavy atom. The molecular formula is C10H17N3O3. The van der Waals surface area contributed by atoms with Crippen molar-refractivity contribution < 1.29 is 13.9 Å². The van der Waals surface area contributed by atoms with E-state index in [1.54, 1.807) is 14.0 Å². The lowest BCUT2D eigenvalue weighted by atomic mass is 10.3. The van der Waals surface area contributed by atoms with E-state index in [2.05, 4.69) is 10.3 Å². The van der Waals surface area contributed by atoms with Crippen molar-refractivity contribution in [2.75, 3.05) is 20.3 Å². The zero-order valence-corrected chi connectivity index (χ0v) is 9.53. The maximum absolute atomic E-state index is 11.5. The molecule has 0 spiro atoms. The van der Waals surface area contributed by atoms with E-state index in [-0.39, 0.29) is 17.6 Å². The highest BCUT2D eigenvalue weighted by molar-refractivity contribution is 5.91. The largest absolute Gasteiger partial charge is 0.446 e. The summed E-state index contributed by atoms with van der Waals surface area (Å²) in [4.78, 5) is 15.5. The first-order valence-electron chi connectivity index (χ1n) is 5.13. The van der Waals surface area contributed by atoms with Crippen LogP contribution in [-0.4, -0.2) is 31.2 Å². The van der Waals surface area contributed by atoms with Crippen LogP contribution < -0.4 is 11.1 Å². The van der Waals surface area contributed by atoms with Crippen LogP contribution in [0.2, 0.25) is 0 Å². The van der Waals surface area contributed by atoms with Gasteiger partial charge in [0.05, 0.1) is 6.04 Å². The highest BCUT2D eigenvalue weighted by atomic mass is 16.5. The van der Waals surface area contributed by atoms with Crippen molar-refractivity contribution in [2.45, 2.75) is 19.4 Å². The Morgan fingerprint density at radius 3 is 3.06 bits per heavy atom. The van der Waals surface area contributed by atoms with Crippen molar-refractivity contribution >= 4 is 5.91 Å². The van der Waals surface area contributed by atoms with Crippen molar-refractivity contribution in [1.82, 2.24) is 10.3 Å². The molecule has 1 atom stereocenters. The lowest BCUT2D eigenvalue weighted by Gasteiger charge is -2.01. The highest BCUT2D eigenvalue weighted by Crippen LogP contribution is 2.08. The van der Waals surface area contributed by atoms with Gasteiger partial charge in [-0.1, -0.05) is 0 Å². The average molecular weight is 227 g/mol. The molecule has 0 aliphatic heterocycles. The van der Waals surface area contributed by atoms with Gasteiger partial charge in [-0.05, 0) is 13.3 Å². The molecule has 0 aliphatic carbocycles. The fraction of sp³-hybridized carbons (Fsp3) is 0.600. The number of oxazole rings is 1. The minimum absolute atomic E-state index is 0.254. The Hall–Kier alpha value is -1.40. The molecule has 1 aromatic rings. The topological polar surface area (TPSA) is 90.4 Å². The van der Waals surface area contributed by atoms with Crippen molar-refractivity contribution in [3.8, 4) is 0 Å². The Bertz CT molecular complexity index is 336. The van der Waals surface area contributed by atoms with Crippen LogP contribution in [-0.2, 0) is 4.74 Å². The molecule has 0 saturated heterocycles. The zero-order valence-electron chi connectivity index (χ0n) is 9.53. The number of hydrogen-bond donors (Lipinski definition) is 2. The van der Waals surface area contributed by atoms with Gasteiger partial charge in [-0.15, -0.1) is 0 Å². The van der Waals surface area contributed by atoms with Crippen LogP contribution in [0.1, 0.15) is 35.8 Å². The lowest BCUT2D eigenvalue weighted by molar-refractivity contribution is 0.0943. The summed E-state index contributed by atoms with van der Waals surface area (Å²) < 4.78 is 9.92. The van der Waals surface area contributed by atoms with Crippen molar-refractivity contribution in [3.63, 3.8) is 0 Å². The molecule has 6 nitrogen and oxygen atoms in total. The minimum Gasteiger partial charge on any atom is -0.446 e. The first-order valence-corrected chi connectivity index (χ1v) is 5.13. The number of amides is 1. The lowest BCUT2D eigenvalue weighted by Crippen LogP contribution is -2.25. The molecule has 1 heterocycles. The number of nitrogens with zero attached hydrogens (tertiary/aromatic N) is 1. The molecule has 6 heteroatoms. The van der Waals surface area contributed by atoms with Gasteiger partial charge in [0.1, 0.15) is 6.26 Å². The van der Waals surface area contributed by atoms with Crippen LogP contribution in [0.15, 0.2) is 10.7 Å². The molecule has 90 valence electrons. The fourth-order valence-corrected chi connectivity index (χ4v) is 1.11. The normalized spacial score (nSPS) is 12.4. The van der Waals surface area contributed by atoms with Gasteiger partial charge in [0.2, 0.25) is 5.89 Å². The number of aromatic nitrogens is 1. The van der Waals surface area contributed by atoms with Gasteiger partial charge in [-0.25, -0.2) is 4.98 Å². The van der Waals surface area contributed by atoms with E-state index >= 15 is 0 Å². The van der Waals surface area contributed by atoms with Crippen LogP contribution in [0.4, 0.5) is 0 Å². The number of nitrogens with one attached hydrogen (secondary N) is 1. The summed E-state index contributed by atoms with van der Waals surface area (Å²) in [6.07, 6.45) is 2.07. The van der Waals surface area contributed by atoms with Gasteiger partial charge in [0.25, 0.3) is 5.91 Å². The summed E-state index contributed by atoms with van der Waals surface area (Å²) >= 11 is 0. The third-order valence-corrected chi connectivity index (χ3v) is 1.95. The molecule has 3 N–H and O–H groups in total. The quantitative estimate of drug-likeness (QED) is 0.689. The predicted octanol–water partition coefficient (Wildman–Crippen LogP) is 0.461. The van der Waals surface area contributed by atoms with Gasteiger partial charge < -0.3 is 20.2 Å². The Balaban J connectivity index is 2.40. The number of hydrogen-bond acceptors (Lipinski definition) is 5. The van der Waals surface area contributed by atoms with Gasteiger partial charge in [-0.2, -0.15) is 0 Å². The second kappa shape index (κ2) is 6.24. The summed E-state index contributed by atoms with van der Waals surface area (Å²) in [5.74, 6) is 0.105. The standard InChI is InChI=1S/C10H17N3O3/c1-7(11)10-13-8(6-16-10)9(14)12-4-3-5-15-2/h6-7H,3-5,11H2,1-2H3,(H,12,14). The van der Waals surface area contributed by atoms with E-state index < -0.39 is 0 Å². The number of nitrogens with two attached hydrogens (primary N) is 1. The van der Waals surface area contributed by atoms with E-state index in [0.717, 1.165) is 6.42 Å². The fourth-order valence-electron chi connectivity index (χ4n) is 1.11. The molecule has 1 amide bonds. The number of carbonyl (C=O) groups is 1. The number of ether oxygens (including phenoxy) is 1. The zero-order chi connectivity index (χ0) is 12.0. The number of rotatable bonds is 6. The molecule has 1 rings (SSSR count). The first-order chi connectivity index (χ1) is 7.65. The van der Waals surface area contributed by atoms with E-state index in [1.165, 1.54) is 6.26 Å². The summed E-state index contributed by atoms with van der Waals surface area (Å²) in [5, 5.41) is 2.70. The molecule has 0 aliphatic rings. The maximum Gasteiger partial charge on any atom is 0.273 e. The van der Waals surface area contributed by atoms with Crippen molar-refractivity contribution in [2.24, 2.45) is 5.73 Å². The highest BCUT2D eigenvalue weighted by Gasteiger charge is 2.13. The number of methoxy groups -OCH3 is 1. The third kappa shape index (κ3) is 3.63. The Morgan fingerprint density at radius 2 is 2.50 bits per heavy atom. The molecular weight excluding hydrogens is 210 g/mol. The molecule has 0 aromatic carbocycles. The second-order valence-electron chi connectivity index (χ2n) is 3.46. The van der Waals surface area contributed by atoms with Crippen LogP contribution >= 0.6 is 0 Å². The monoisotopic (exact) mass is 227 g/mol. The van der Waals surface area contributed by atoms with E-state index in [4.69, 9.17) is 14.9 Å². The van der Waals surface area contributed by atoms with Crippen LogP contribution in [0.3, 0.4) is 0 Å². The summed E-state index contributed by atoms with van der Waals surface area (Å²) in [6, 6.07) is -0.310. The van der Waals surface area contributed by atoms with Crippen molar-refractivity contribution in [3.05, 3.63) is 17.8 Å². The van der Waals surface area contributed by atoms with E-state index in [9.17, 15) is 4.79 Å². The first kappa shape index (κ1) is 12.7. The van der Waals surface area contributed by atoms with Gasteiger partial charge in [-0.3, -0.25) is 4.79 Å². The molecule has 1 aromatic heterocycles. The molecule has 1 unspecified atom stereocenters. The predicted molar refractivity (Wildman–Crippen MR) is 57.9 cm³/mol. The van der Waals surface area contributed by atoms with Crippen molar-refractivity contribution in [1.29, 1.82) is 0 Å². The molecule has 0 saturated carbocycles. The SMILES string of the molecule is COCCCNC(=O)c1coc(C(C)N)n1.